The minimum atomic E-state index is 0.215. The number of hydrogen-bond acceptors (Lipinski definition) is 3. The summed E-state index contributed by atoms with van der Waals surface area (Å²) in [6.45, 7) is 10.4. The monoisotopic (exact) mass is 329 g/mol. The largest absolute Gasteiger partial charge is 0.490 e. The Labute approximate surface area is 146 Å². The van der Waals surface area contributed by atoms with E-state index in [9.17, 15) is 4.79 Å². The summed E-state index contributed by atoms with van der Waals surface area (Å²) in [5, 5.41) is 3.28. The maximum absolute atomic E-state index is 12.1. The molecule has 0 aromatic heterocycles. The third-order valence-corrected chi connectivity index (χ3v) is 3.66. The minimum Gasteiger partial charge on any atom is -0.490 e. The number of carbonyl (C=O) groups excluding carboxylic acids is 1. The fraction of sp³-hybridized carbons (Fsp3) is 0.476. The van der Waals surface area contributed by atoms with Crippen molar-refractivity contribution in [2.45, 2.75) is 39.5 Å². The van der Waals surface area contributed by atoms with Crippen LogP contribution in [0.1, 0.15) is 49.9 Å². The first kappa shape index (κ1) is 20.2. The van der Waals surface area contributed by atoms with Crippen molar-refractivity contribution in [1.82, 2.24) is 5.32 Å². The molecule has 1 aromatic carbocycles. The SMILES string of the molecule is C=CCCNCC=CCOc1ccc(C(=O)CCCC(C)C)cc1. The lowest BCUT2D eigenvalue weighted by Crippen LogP contribution is -2.14. The van der Waals surface area contributed by atoms with Gasteiger partial charge in [-0.05, 0) is 49.6 Å². The molecule has 3 nitrogen and oxygen atoms in total. The molecule has 0 unspecified atom stereocenters. The standard InChI is InChI=1S/C21H31NO2/c1-4-5-15-22-16-6-7-17-24-20-13-11-19(12-14-20)21(23)10-8-9-18(2)3/h4,6-7,11-14,18,22H,1,5,8-10,15-17H2,2-3H3. The first-order valence-electron chi connectivity index (χ1n) is 8.86. The van der Waals surface area contributed by atoms with Crippen molar-refractivity contribution < 1.29 is 9.53 Å². The number of nitrogens with one attached hydrogen (secondary N) is 1. The van der Waals surface area contributed by atoms with Crippen LogP contribution in [0.15, 0.2) is 49.1 Å². The Balaban J connectivity index is 2.25. The second-order valence-corrected chi connectivity index (χ2v) is 6.30. The third-order valence-electron chi connectivity index (χ3n) is 3.66. The molecular formula is C21H31NO2. The number of benzene rings is 1. The summed E-state index contributed by atoms with van der Waals surface area (Å²) in [5.41, 5.74) is 0.771. The van der Waals surface area contributed by atoms with Gasteiger partial charge in [0.2, 0.25) is 0 Å². The first-order chi connectivity index (χ1) is 11.6. The van der Waals surface area contributed by atoms with Gasteiger partial charge in [-0.1, -0.05) is 38.5 Å². The summed E-state index contributed by atoms with van der Waals surface area (Å²) < 4.78 is 5.64. The molecule has 0 saturated carbocycles. The van der Waals surface area contributed by atoms with Gasteiger partial charge < -0.3 is 10.1 Å². The van der Waals surface area contributed by atoms with Gasteiger partial charge in [0.15, 0.2) is 5.78 Å². The highest BCUT2D eigenvalue weighted by molar-refractivity contribution is 5.96. The van der Waals surface area contributed by atoms with E-state index in [-0.39, 0.29) is 5.78 Å². The predicted octanol–water partition coefficient (Wildman–Crippen LogP) is 4.80. The molecule has 0 bridgehead atoms. The van der Waals surface area contributed by atoms with E-state index in [4.69, 9.17) is 4.74 Å². The predicted molar refractivity (Wildman–Crippen MR) is 102 cm³/mol. The molecule has 3 heteroatoms. The van der Waals surface area contributed by atoms with Crippen LogP contribution in [0.5, 0.6) is 5.75 Å². The Bertz CT molecular complexity index is 503. The van der Waals surface area contributed by atoms with Crippen LogP contribution in [-0.4, -0.2) is 25.5 Å². The molecule has 0 fully saturated rings. The fourth-order valence-corrected chi connectivity index (χ4v) is 2.24. The van der Waals surface area contributed by atoms with Crippen molar-refractivity contribution in [2.24, 2.45) is 5.92 Å². The molecular weight excluding hydrogens is 298 g/mol. The van der Waals surface area contributed by atoms with Crippen LogP contribution < -0.4 is 10.1 Å². The number of ether oxygens (including phenoxy) is 1. The lowest BCUT2D eigenvalue weighted by Gasteiger charge is -2.06. The molecule has 0 aliphatic heterocycles. The van der Waals surface area contributed by atoms with Crippen molar-refractivity contribution in [3.05, 3.63) is 54.6 Å². The van der Waals surface area contributed by atoms with E-state index in [1.807, 2.05) is 36.4 Å². The summed E-state index contributed by atoms with van der Waals surface area (Å²) in [7, 11) is 0. The molecule has 1 N–H and O–H groups in total. The van der Waals surface area contributed by atoms with E-state index in [1.165, 1.54) is 0 Å². The number of rotatable bonds is 13. The number of hydrogen-bond donors (Lipinski definition) is 1. The van der Waals surface area contributed by atoms with Crippen LogP contribution in [0.4, 0.5) is 0 Å². The van der Waals surface area contributed by atoms with Crippen LogP contribution in [-0.2, 0) is 0 Å². The van der Waals surface area contributed by atoms with Crippen LogP contribution in [0.25, 0.3) is 0 Å². The molecule has 0 amide bonds. The summed E-state index contributed by atoms with van der Waals surface area (Å²) in [6.07, 6.45) is 9.61. The maximum atomic E-state index is 12.1. The zero-order valence-corrected chi connectivity index (χ0v) is 15.1. The Hall–Kier alpha value is -1.87. The summed E-state index contributed by atoms with van der Waals surface area (Å²) >= 11 is 0. The van der Waals surface area contributed by atoms with Crippen molar-refractivity contribution >= 4 is 5.78 Å². The van der Waals surface area contributed by atoms with Crippen molar-refractivity contribution in [3.63, 3.8) is 0 Å². The lowest BCUT2D eigenvalue weighted by atomic mass is 10.0. The van der Waals surface area contributed by atoms with Crippen molar-refractivity contribution in [1.29, 1.82) is 0 Å². The highest BCUT2D eigenvalue weighted by atomic mass is 16.5. The third kappa shape index (κ3) is 9.31. The maximum Gasteiger partial charge on any atom is 0.162 e. The number of ketones is 1. The average Bonchev–Trinajstić information content (AvgIpc) is 2.57. The Morgan fingerprint density at radius 3 is 2.67 bits per heavy atom. The van der Waals surface area contributed by atoms with Gasteiger partial charge in [0.05, 0.1) is 0 Å². The van der Waals surface area contributed by atoms with Gasteiger partial charge in [0.25, 0.3) is 0 Å². The van der Waals surface area contributed by atoms with Crippen molar-refractivity contribution in [3.8, 4) is 5.75 Å². The zero-order valence-electron chi connectivity index (χ0n) is 15.1. The smallest absolute Gasteiger partial charge is 0.162 e. The van der Waals surface area contributed by atoms with Crippen LogP contribution >= 0.6 is 0 Å². The molecule has 132 valence electrons. The first-order valence-corrected chi connectivity index (χ1v) is 8.86. The van der Waals surface area contributed by atoms with Gasteiger partial charge in [-0.15, -0.1) is 6.58 Å². The minimum absolute atomic E-state index is 0.215. The van der Waals surface area contributed by atoms with E-state index in [0.29, 0.717) is 18.9 Å². The van der Waals surface area contributed by atoms with Gasteiger partial charge in [-0.2, -0.15) is 0 Å². The molecule has 24 heavy (non-hydrogen) atoms. The Kier molecular flexibility index (Phi) is 10.5. The van der Waals surface area contributed by atoms with Gasteiger partial charge >= 0.3 is 0 Å². The number of Topliss-reactive ketones (excluding diaryl/α,β-unsaturated/α-hetero) is 1. The normalized spacial score (nSPS) is 11.1. The summed E-state index contributed by atoms with van der Waals surface area (Å²) in [6, 6.07) is 7.44. The quantitative estimate of drug-likeness (QED) is 0.321. The molecule has 0 spiro atoms. The van der Waals surface area contributed by atoms with E-state index < -0.39 is 0 Å². The Morgan fingerprint density at radius 1 is 1.25 bits per heavy atom. The van der Waals surface area contributed by atoms with Gasteiger partial charge in [0, 0.05) is 18.5 Å². The second-order valence-electron chi connectivity index (χ2n) is 6.30. The zero-order chi connectivity index (χ0) is 17.6. The van der Waals surface area contributed by atoms with Gasteiger partial charge in [0.1, 0.15) is 12.4 Å². The molecule has 0 radical (unpaired) electrons. The van der Waals surface area contributed by atoms with E-state index in [1.54, 1.807) is 0 Å². The van der Waals surface area contributed by atoms with Crippen LogP contribution in [0, 0.1) is 5.92 Å². The molecule has 0 aliphatic carbocycles. The number of carbonyl (C=O) groups is 1. The molecule has 1 rings (SSSR count). The summed E-state index contributed by atoms with van der Waals surface area (Å²) in [5.74, 6) is 1.66. The molecule has 0 saturated heterocycles. The van der Waals surface area contributed by atoms with E-state index in [2.05, 4.69) is 31.8 Å². The highest BCUT2D eigenvalue weighted by Gasteiger charge is 2.06. The highest BCUT2D eigenvalue weighted by Crippen LogP contribution is 2.15. The molecule has 0 aliphatic rings. The van der Waals surface area contributed by atoms with Crippen LogP contribution in [0.3, 0.4) is 0 Å². The van der Waals surface area contributed by atoms with E-state index in [0.717, 1.165) is 43.7 Å². The second kappa shape index (κ2) is 12.5. The summed E-state index contributed by atoms with van der Waals surface area (Å²) in [4.78, 5) is 12.1. The lowest BCUT2D eigenvalue weighted by molar-refractivity contribution is 0.0978. The average molecular weight is 329 g/mol. The molecule has 0 atom stereocenters. The van der Waals surface area contributed by atoms with Crippen molar-refractivity contribution in [2.75, 3.05) is 19.7 Å². The topological polar surface area (TPSA) is 38.3 Å². The molecule has 0 heterocycles. The molecule has 1 aromatic rings. The fourth-order valence-electron chi connectivity index (χ4n) is 2.24. The van der Waals surface area contributed by atoms with E-state index >= 15 is 0 Å². The van der Waals surface area contributed by atoms with Gasteiger partial charge in [-0.25, -0.2) is 0 Å². The van der Waals surface area contributed by atoms with Crippen LogP contribution in [0.2, 0.25) is 0 Å². The van der Waals surface area contributed by atoms with Gasteiger partial charge in [-0.3, -0.25) is 4.79 Å². The Morgan fingerprint density at radius 2 is 2.00 bits per heavy atom.